The lowest BCUT2D eigenvalue weighted by molar-refractivity contribution is 0.0696. The number of hydrogen-bond acceptors (Lipinski definition) is 3. The highest BCUT2D eigenvalue weighted by atomic mass is 28.4. The van der Waals surface area contributed by atoms with Gasteiger partial charge in [0, 0.05) is 11.9 Å². The van der Waals surface area contributed by atoms with Gasteiger partial charge in [0.1, 0.15) is 5.76 Å². The van der Waals surface area contributed by atoms with Gasteiger partial charge in [-0.25, -0.2) is 9.59 Å². The molecule has 0 atom stereocenters. The molecule has 1 aliphatic rings. The summed E-state index contributed by atoms with van der Waals surface area (Å²) >= 11 is 0. The van der Waals surface area contributed by atoms with E-state index in [4.69, 9.17) is 4.43 Å². The van der Waals surface area contributed by atoms with Crippen molar-refractivity contribution in [3.63, 3.8) is 0 Å². The Bertz CT molecular complexity index is 624. The number of aromatic nitrogens is 1. The molecule has 6 nitrogen and oxygen atoms in total. The number of hydrogen-bond donors (Lipinski definition) is 2. The summed E-state index contributed by atoms with van der Waals surface area (Å²) in [7, 11) is -1.93. The molecule has 1 aliphatic carbocycles. The fourth-order valence-corrected chi connectivity index (χ4v) is 3.27. The molecule has 0 unspecified atom stereocenters. The van der Waals surface area contributed by atoms with Crippen molar-refractivity contribution in [1.29, 1.82) is 0 Å². The third-order valence-electron chi connectivity index (χ3n) is 3.15. The molecule has 7 heteroatoms. The highest BCUT2D eigenvalue weighted by Crippen LogP contribution is 2.33. The molecule has 1 aromatic heterocycles. The number of rotatable bonds is 3. The number of carboxylic acids is 1. The van der Waals surface area contributed by atoms with Crippen LogP contribution in [0.4, 0.5) is 4.79 Å². The van der Waals surface area contributed by atoms with E-state index < -0.39 is 20.4 Å². The summed E-state index contributed by atoms with van der Waals surface area (Å²) in [4.78, 5) is 22.8. The van der Waals surface area contributed by atoms with Crippen LogP contribution in [0.15, 0.2) is 12.3 Å². The SMILES string of the molecule is C[Si](C)(C)OC1=CCCCc2c1c(C(=O)O)cn2C(=O)O. The van der Waals surface area contributed by atoms with Crippen LogP contribution < -0.4 is 0 Å². The molecule has 114 valence electrons. The maximum atomic E-state index is 11.5. The van der Waals surface area contributed by atoms with Gasteiger partial charge in [-0.3, -0.25) is 4.57 Å². The van der Waals surface area contributed by atoms with Crippen LogP contribution in [0.25, 0.3) is 5.76 Å². The minimum atomic E-state index is -1.93. The third-order valence-corrected chi connectivity index (χ3v) is 3.99. The number of carbonyl (C=O) groups is 2. The van der Waals surface area contributed by atoms with Crippen molar-refractivity contribution in [2.75, 3.05) is 0 Å². The van der Waals surface area contributed by atoms with Crippen LogP contribution in [0.2, 0.25) is 19.6 Å². The second-order valence-corrected chi connectivity index (χ2v) is 10.4. The first-order valence-corrected chi connectivity index (χ1v) is 10.2. The maximum Gasteiger partial charge on any atom is 0.415 e. The molecule has 0 aromatic carbocycles. The zero-order valence-electron chi connectivity index (χ0n) is 12.3. The maximum absolute atomic E-state index is 11.5. The van der Waals surface area contributed by atoms with Crippen LogP contribution in [0.1, 0.15) is 34.5 Å². The van der Waals surface area contributed by atoms with Crippen LogP contribution in [0.3, 0.4) is 0 Å². The molecular weight excluding hydrogens is 290 g/mol. The van der Waals surface area contributed by atoms with Crippen molar-refractivity contribution >= 4 is 26.1 Å². The number of allylic oxidation sites excluding steroid dienone is 1. The Morgan fingerprint density at radius 3 is 2.48 bits per heavy atom. The first-order valence-electron chi connectivity index (χ1n) is 6.81. The van der Waals surface area contributed by atoms with Gasteiger partial charge in [0.15, 0.2) is 0 Å². The summed E-state index contributed by atoms with van der Waals surface area (Å²) in [5.74, 6) is -0.628. The molecule has 0 saturated carbocycles. The van der Waals surface area contributed by atoms with Crippen LogP contribution in [-0.2, 0) is 10.8 Å². The molecule has 0 fully saturated rings. The van der Waals surface area contributed by atoms with Gasteiger partial charge < -0.3 is 14.6 Å². The second-order valence-electron chi connectivity index (χ2n) is 6.00. The summed E-state index contributed by atoms with van der Waals surface area (Å²) in [6, 6.07) is 0. The monoisotopic (exact) mass is 309 g/mol. The molecule has 0 radical (unpaired) electrons. The fourth-order valence-electron chi connectivity index (χ4n) is 2.43. The molecule has 1 aromatic rings. The number of nitrogens with zero attached hydrogens (tertiary/aromatic N) is 1. The van der Waals surface area contributed by atoms with E-state index in [1.165, 1.54) is 6.20 Å². The number of fused-ring (bicyclic) bond motifs is 1. The van der Waals surface area contributed by atoms with Gasteiger partial charge in [0.25, 0.3) is 0 Å². The van der Waals surface area contributed by atoms with Gasteiger partial charge in [-0.15, -0.1) is 0 Å². The Morgan fingerprint density at radius 1 is 1.29 bits per heavy atom. The predicted molar refractivity (Wildman–Crippen MR) is 80.2 cm³/mol. The van der Waals surface area contributed by atoms with Gasteiger partial charge in [-0.2, -0.15) is 0 Å². The number of aromatic carboxylic acids is 1. The van der Waals surface area contributed by atoms with E-state index in [2.05, 4.69) is 0 Å². The van der Waals surface area contributed by atoms with Crippen LogP contribution in [-0.4, -0.2) is 35.2 Å². The first-order chi connectivity index (χ1) is 9.70. The average Bonchev–Trinajstić information content (AvgIpc) is 2.61. The summed E-state index contributed by atoms with van der Waals surface area (Å²) in [5.41, 5.74) is 0.908. The normalized spacial score (nSPS) is 14.9. The van der Waals surface area contributed by atoms with Gasteiger partial charge in [0.05, 0.1) is 11.1 Å². The Balaban J connectivity index is 2.64. The van der Waals surface area contributed by atoms with E-state index in [1.54, 1.807) is 0 Å². The lowest BCUT2D eigenvalue weighted by Gasteiger charge is -2.22. The molecule has 0 aliphatic heterocycles. The Kier molecular flexibility index (Phi) is 3.95. The minimum absolute atomic E-state index is 0.0150. The van der Waals surface area contributed by atoms with Crippen molar-refractivity contribution in [3.05, 3.63) is 29.1 Å². The molecule has 0 bridgehead atoms. The van der Waals surface area contributed by atoms with Crippen molar-refractivity contribution in [3.8, 4) is 0 Å². The second kappa shape index (κ2) is 5.40. The molecule has 0 amide bonds. The van der Waals surface area contributed by atoms with Gasteiger partial charge in [-0.1, -0.05) is 0 Å². The summed E-state index contributed by atoms with van der Waals surface area (Å²) < 4.78 is 7.00. The molecular formula is C14H19NO5Si. The molecule has 0 saturated heterocycles. The Morgan fingerprint density at radius 2 is 1.95 bits per heavy atom. The van der Waals surface area contributed by atoms with Crippen LogP contribution >= 0.6 is 0 Å². The van der Waals surface area contributed by atoms with Crippen molar-refractivity contribution in [1.82, 2.24) is 4.57 Å². The molecule has 21 heavy (non-hydrogen) atoms. The lowest BCUT2D eigenvalue weighted by atomic mass is 10.1. The Hall–Kier alpha value is -2.02. The molecule has 0 spiro atoms. The van der Waals surface area contributed by atoms with Gasteiger partial charge in [-0.05, 0) is 45.0 Å². The lowest BCUT2D eigenvalue weighted by Crippen LogP contribution is -2.25. The number of carboxylic acid groups (broad SMARTS) is 2. The van der Waals surface area contributed by atoms with Crippen molar-refractivity contribution in [2.24, 2.45) is 0 Å². The quantitative estimate of drug-likeness (QED) is 0.837. The van der Waals surface area contributed by atoms with Gasteiger partial charge in [0.2, 0.25) is 8.32 Å². The topological polar surface area (TPSA) is 88.8 Å². The van der Waals surface area contributed by atoms with E-state index in [-0.39, 0.29) is 5.56 Å². The van der Waals surface area contributed by atoms with Crippen LogP contribution in [0, 0.1) is 0 Å². The van der Waals surface area contributed by atoms with E-state index in [0.29, 0.717) is 23.4 Å². The molecule has 2 N–H and O–H groups in total. The van der Waals surface area contributed by atoms with Crippen molar-refractivity contribution in [2.45, 2.75) is 38.9 Å². The zero-order valence-corrected chi connectivity index (χ0v) is 13.3. The summed E-state index contributed by atoms with van der Waals surface area (Å²) in [5, 5.41) is 18.6. The predicted octanol–water partition coefficient (Wildman–Crippen LogP) is 3.24. The fraction of sp³-hybridized carbons (Fsp3) is 0.429. The van der Waals surface area contributed by atoms with Crippen LogP contribution in [0.5, 0.6) is 0 Å². The third kappa shape index (κ3) is 3.18. The smallest absolute Gasteiger partial charge is 0.415 e. The van der Waals surface area contributed by atoms with Gasteiger partial charge >= 0.3 is 12.1 Å². The average molecular weight is 309 g/mol. The standard InChI is InChI=1S/C14H19NO5Si/c1-21(2,3)20-11-7-5-4-6-10-12(11)9(13(16)17)8-15(10)14(18)19/h7-8H,4-6H2,1-3H3,(H,16,17)(H,18,19). The van der Waals surface area contributed by atoms with E-state index >= 15 is 0 Å². The van der Waals surface area contributed by atoms with E-state index in [0.717, 1.165) is 17.4 Å². The summed E-state index contributed by atoms with van der Waals surface area (Å²) in [6.45, 7) is 6.02. The van der Waals surface area contributed by atoms with E-state index in [9.17, 15) is 19.8 Å². The largest absolute Gasteiger partial charge is 0.544 e. The zero-order chi connectivity index (χ0) is 15.8. The molecule has 2 rings (SSSR count). The Labute approximate surface area is 123 Å². The minimum Gasteiger partial charge on any atom is -0.544 e. The molecule has 1 heterocycles. The van der Waals surface area contributed by atoms with Crippen molar-refractivity contribution < 1.29 is 24.2 Å². The first kappa shape index (κ1) is 15.4. The van der Waals surface area contributed by atoms with E-state index in [1.807, 2.05) is 25.7 Å². The highest BCUT2D eigenvalue weighted by Gasteiger charge is 2.30. The highest BCUT2D eigenvalue weighted by molar-refractivity contribution is 6.70. The summed E-state index contributed by atoms with van der Waals surface area (Å²) in [6.07, 6.45) is 3.90.